The van der Waals surface area contributed by atoms with Gasteiger partial charge in [-0.3, -0.25) is 4.79 Å². The fourth-order valence-corrected chi connectivity index (χ4v) is 2.01. The zero-order chi connectivity index (χ0) is 13.7. The van der Waals surface area contributed by atoms with E-state index >= 15 is 0 Å². The van der Waals surface area contributed by atoms with Gasteiger partial charge < -0.3 is 19.1 Å². The summed E-state index contributed by atoms with van der Waals surface area (Å²) in [7, 11) is 3.64. The Balaban J connectivity index is 1.99. The summed E-state index contributed by atoms with van der Waals surface area (Å²) in [5, 5.41) is 0. The average Bonchev–Trinajstić information content (AvgIpc) is 2.45. The van der Waals surface area contributed by atoms with Gasteiger partial charge in [0.15, 0.2) is 6.29 Å². The maximum atomic E-state index is 11.0. The second-order valence-electron chi connectivity index (χ2n) is 4.59. The number of methoxy groups -OCH3 is 1. The van der Waals surface area contributed by atoms with Gasteiger partial charge in [0.25, 0.3) is 0 Å². The first-order valence-electron chi connectivity index (χ1n) is 6.29. The third kappa shape index (κ3) is 3.68. The smallest absolute Gasteiger partial charge is 0.153 e. The van der Waals surface area contributed by atoms with Crippen LogP contribution in [0.5, 0.6) is 11.5 Å². The molecule has 0 aliphatic carbocycles. The molecule has 5 nitrogen and oxygen atoms in total. The first kappa shape index (κ1) is 13.8. The topological polar surface area (TPSA) is 48.0 Å². The van der Waals surface area contributed by atoms with Crippen LogP contribution in [0.2, 0.25) is 0 Å². The minimum atomic E-state index is 0.0319. The van der Waals surface area contributed by atoms with E-state index in [0.717, 1.165) is 19.4 Å². The molecule has 104 valence electrons. The Hall–Kier alpha value is -1.59. The average molecular weight is 265 g/mol. The third-order valence-corrected chi connectivity index (χ3v) is 3.11. The number of morpholine rings is 1. The molecule has 1 aromatic rings. The van der Waals surface area contributed by atoms with Gasteiger partial charge in [-0.25, -0.2) is 0 Å². The molecule has 5 heteroatoms. The van der Waals surface area contributed by atoms with Gasteiger partial charge in [-0.05, 0) is 19.2 Å². The molecule has 1 atom stereocenters. The molecule has 2 rings (SSSR count). The predicted molar refractivity (Wildman–Crippen MR) is 71.1 cm³/mol. The summed E-state index contributed by atoms with van der Waals surface area (Å²) < 4.78 is 16.4. The fourth-order valence-electron chi connectivity index (χ4n) is 2.01. The van der Waals surface area contributed by atoms with E-state index < -0.39 is 0 Å². The van der Waals surface area contributed by atoms with Crippen LogP contribution in [-0.2, 0) is 4.74 Å². The molecule has 1 heterocycles. The molecule has 0 saturated carbocycles. The molecule has 0 bridgehead atoms. The molecule has 1 aliphatic heterocycles. The highest BCUT2D eigenvalue weighted by atomic mass is 16.5. The van der Waals surface area contributed by atoms with Crippen LogP contribution in [0.1, 0.15) is 10.4 Å². The standard InChI is InChI=1S/C14H19NO4/c1-15-5-6-18-13(8-15)10-19-14-7-12(17-2)4-3-11(14)9-16/h3-4,7,9,13H,5-6,8,10H2,1-2H3. The minimum Gasteiger partial charge on any atom is -0.497 e. The first-order chi connectivity index (χ1) is 9.22. The number of hydrogen-bond acceptors (Lipinski definition) is 5. The summed E-state index contributed by atoms with van der Waals surface area (Å²) in [4.78, 5) is 13.2. The summed E-state index contributed by atoms with van der Waals surface area (Å²) in [6.07, 6.45) is 0.812. The Kier molecular flexibility index (Phi) is 4.76. The lowest BCUT2D eigenvalue weighted by atomic mass is 10.2. The van der Waals surface area contributed by atoms with Crippen LogP contribution < -0.4 is 9.47 Å². The summed E-state index contributed by atoms with van der Waals surface area (Å²) >= 11 is 0. The van der Waals surface area contributed by atoms with Crippen LogP contribution in [0.3, 0.4) is 0 Å². The number of nitrogens with zero attached hydrogens (tertiary/aromatic N) is 1. The van der Waals surface area contributed by atoms with E-state index in [4.69, 9.17) is 14.2 Å². The summed E-state index contributed by atoms with van der Waals surface area (Å²) in [6, 6.07) is 5.15. The van der Waals surface area contributed by atoms with Gasteiger partial charge in [0.05, 0.1) is 19.3 Å². The van der Waals surface area contributed by atoms with Crippen molar-refractivity contribution in [3.63, 3.8) is 0 Å². The number of aldehydes is 1. The largest absolute Gasteiger partial charge is 0.497 e. The maximum Gasteiger partial charge on any atom is 0.153 e. The number of rotatable bonds is 5. The van der Waals surface area contributed by atoms with Gasteiger partial charge >= 0.3 is 0 Å². The highest BCUT2D eigenvalue weighted by Gasteiger charge is 2.18. The maximum absolute atomic E-state index is 11.0. The molecule has 1 unspecified atom stereocenters. The number of carbonyl (C=O) groups excluding carboxylic acids is 1. The molecule has 1 fully saturated rings. The Morgan fingerprint density at radius 1 is 1.53 bits per heavy atom. The van der Waals surface area contributed by atoms with Gasteiger partial charge in [0, 0.05) is 19.2 Å². The third-order valence-electron chi connectivity index (χ3n) is 3.11. The Labute approximate surface area is 113 Å². The van der Waals surface area contributed by atoms with E-state index in [-0.39, 0.29) is 6.10 Å². The van der Waals surface area contributed by atoms with E-state index in [9.17, 15) is 4.79 Å². The highest BCUT2D eigenvalue weighted by Crippen LogP contribution is 2.24. The lowest BCUT2D eigenvalue weighted by Gasteiger charge is -2.29. The van der Waals surface area contributed by atoms with E-state index in [1.165, 1.54) is 0 Å². The van der Waals surface area contributed by atoms with Crippen LogP contribution in [0.15, 0.2) is 18.2 Å². The van der Waals surface area contributed by atoms with Gasteiger partial charge in [-0.1, -0.05) is 0 Å². The summed E-state index contributed by atoms with van der Waals surface area (Å²) in [5.41, 5.74) is 0.518. The molecule has 0 aromatic heterocycles. The lowest BCUT2D eigenvalue weighted by molar-refractivity contribution is -0.0404. The zero-order valence-corrected chi connectivity index (χ0v) is 11.3. The molecular weight excluding hydrogens is 246 g/mol. The van der Waals surface area contributed by atoms with Gasteiger partial charge in [-0.2, -0.15) is 0 Å². The van der Waals surface area contributed by atoms with Gasteiger partial charge in [0.1, 0.15) is 24.2 Å². The fraction of sp³-hybridized carbons (Fsp3) is 0.500. The molecular formula is C14H19NO4. The van der Waals surface area contributed by atoms with Gasteiger partial charge in [0.2, 0.25) is 0 Å². The van der Waals surface area contributed by atoms with E-state index in [2.05, 4.69) is 11.9 Å². The molecule has 1 saturated heterocycles. The SMILES string of the molecule is COc1ccc(C=O)c(OCC2CN(C)CCO2)c1. The van der Waals surface area contributed by atoms with Crippen molar-refractivity contribution in [3.05, 3.63) is 23.8 Å². The number of carbonyl (C=O) groups is 1. The first-order valence-corrected chi connectivity index (χ1v) is 6.29. The summed E-state index contributed by atoms with van der Waals surface area (Å²) in [5.74, 6) is 1.20. The number of likely N-dealkylation sites (N-methyl/N-ethyl adjacent to an activating group) is 1. The van der Waals surface area contributed by atoms with E-state index in [1.807, 2.05) is 0 Å². The zero-order valence-electron chi connectivity index (χ0n) is 11.3. The van der Waals surface area contributed by atoms with Crippen molar-refractivity contribution in [2.24, 2.45) is 0 Å². The van der Waals surface area contributed by atoms with Crippen molar-refractivity contribution in [3.8, 4) is 11.5 Å². The van der Waals surface area contributed by atoms with Crippen LogP contribution in [0.4, 0.5) is 0 Å². The number of ether oxygens (including phenoxy) is 3. The monoisotopic (exact) mass is 265 g/mol. The molecule has 0 N–H and O–H groups in total. The molecule has 1 aromatic carbocycles. The molecule has 0 radical (unpaired) electrons. The molecule has 0 amide bonds. The Morgan fingerprint density at radius 3 is 3.05 bits per heavy atom. The molecule has 1 aliphatic rings. The van der Waals surface area contributed by atoms with Crippen molar-refractivity contribution in [1.82, 2.24) is 4.90 Å². The van der Waals surface area contributed by atoms with Crippen molar-refractivity contribution in [2.45, 2.75) is 6.10 Å². The number of hydrogen-bond donors (Lipinski definition) is 0. The molecule has 0 spiro atoms. The van der Waals surface area contributed by atoms with Crippen molar-refractivity contribution < 1.29 is 19.0 Å². The molecule has 19 heavy (non-hydrogen) atoms. The van der Waals surface area contributed by atoms with Gasteiger partial charge in [-0.15, -0.1) is 0 Å². The van der Waals surface area contributed by atoms with E-state index in [1.54, 1.807) is 25.3 Å². The van der Waals surface area contributed by atoms with Crippen molar-refractivity contribution in [1.29, 1.82) is 0 Å². The highest BCUT2D eigenvalue weighted by molar-refractivity contribution is 5.79. The van der Waals surface area contributed by atoms with Crippen LogP contribution >= 0.6 is 0 Å². The normalized spacial score (nSPS) is 20.0. The lowest BCUT2D eigenvalue weighted by Crippen LogP contribution is -2.42. The van der Waals surface area contributed by atoms with Crippen LogP contribution in [0, 0.1) is 0 Å². The van der Waals surface area contributed by atoms with Crippen LogP contribution in [0.25, 0.3) is 0 Å². The minimum absolute atomic E-state index is 0.0319. The quantitative estimate of drug-likeness (QED) is 0.749. The van der Waals surface area contributed by atoms with Crippen LogP contribution in [-0.4, -0.2) is 57.8 Å². The van der Waals surface area contributed by atoms with E-state index in [0.29, 0.717) is 30.3 Å². The second kappa shape index (κ2) is 6.54. The predicted octanol–water partition coefficient (Wildman–Crippen LogP) is 1.22. The number of benzene rings is 1. The Morgan fingerprint density at radius 2 is 2.37 bits per heavy atom. The summed E-state index contributed by atoms with van der Waals surface area (Å²) in [6.45, 7) is 2.91. The Bertz CT molecular complexity index is 435. The van der Waals surface area contributed by atoms with Crippen molar-refractivity contribution >= 4 is 6.29 Å². The van der Waals surface area contributed by atoms with Crippen molar-refractivity contribution in [2.75, 3.05) is 40.5 Å². The second-order valence-corrected chi connectivity index (χ2v) is 4.59.